The summed E-state index contributed by atoms with van der Waals surface area (Å²) in [5.41, 5.74) is 7.54. The van der Waals surface area contributed by atoms with Crippen molar-refractivity contribution in [1.29, 1.82) is 0 Å². The Morgan fingerprint density at radius 2 is 1.52 bits per heavy atom. The summed E-state index contributed by atoms with van der Waals surface area (Å²) in [6.45, 7) is 0. The van der Waals surface area contributed by atoms with Gasteiger partial charge in [0.15, 0.2) is 0 Å². The van der Waals surface area contributed by atoms with Crippen molar-refractivity contribution in [3.05, 3.63) is 84.2 Å². The van der Waals surface area contributed by atoms with E-state index in [1.807, 2.05) is 0 Å². The topological polar surface area (TPSA) is 81.2 Å². The van der Waals surface area contributed by atoms with Crippen LogP contribution in [0.5, 0.6) is 11.5 Å². The van der Waals surface area contributed by atoms with Gasteiger partial charge in [0.25, 0.3) is 5.17 Å². The van der Waals surface area contributed by atoms with Gasteiger partial charge in [0, 0.05) is 11.3 Å². The number of rotatable bonds is 6. The molecule has 0 saturated heterocycles. The number of nitrogens with one attached hydrogen (secondary N) is 1. The number of aliphatic imine (C=N–C) groups is 2. The first-order valence-electron chi connectivity index (χ1n) is 9.24. The van der Waals surface area contributed by atoms with E-state index in [0.29, 0.717) is 22.7 Å². The van der Waals surface area contributed by atoms with Crippen LogP contribution >= 0.6 is 12.2 Å². The number of alkyl halides is 3. The van der Waals surface area contributed by atoms with Crippen molar-refractivity contribution in [2.75, 3.05) is 5.32 Å². The van der Waals surface area contributed by atoms with E-state index in [9.17, 15) is 17.6 Å². The van der Waals surface area contributed by atoms with Gasteiger partial charge in [-0.3, -0.25) is 0 Å². The summed E-state index contributed by atoms with van der Waals surface area (Å²) in [4.78, 5) is 8.03. The van der Waals surface area contributed by atoms with Crippen molar-refractivity contribution in [1.82, 2.24) is 0 Å². The first-order chi connectivity index (χ1) is 15.7. The summed E-state index contributed by atoms with van der Waals surface area (Å²) < 4.78 is 58.6. The van der Waals surface area contributed by atoms with E-state index >= 15 is 0 Å². The minimum atomic E-state index is -4.75. The smallest absolute Gasteiger partial charge is 0.432 e. The zero-order valence-electron chi connectivity index (χ0n) is 16.7. The Labute approximate surface area is 191 Å². The van der Waals surface area contributed by atoms with E-state index in [-0.39, 0.29) is 22.6 Å². The Hall–Kier alpha value is -3.99. The van der Waals surface area contributed by atoms with Crippen LogP contribution in [0, 0.1) is 5.82 Å². The van der Waals surface area contributed by atoms with Crippen molar-refractivity contribution in [2.24, 2.45) is 15.7 Å². The number of amidine groups is 1. The molecule has 33 heavy (non-hydrogen) atoms. The average Bonchev–Trinajstić information content (AvgIpc) is 2.76. The Morgan fingerprint density at radius 1 is 0.909 bits per heavy atom. The van der Waals surface area contributed by atoms with Crippen LogP contribution in [0.25, 0.3) is 0 Å². The predicted molar refractivity (Wildman–Crippen MR) is 122 cm³/mol. The molecule has 0 unspecified atom stereocenters. The number of thiocarbonyl (C=S) groups is 1. The number of benzene rings is 3. The van der Waals surface area contributed by atoms with Crippen LogP contribution in [0.4, 0.5) is 28.9 Å². The second-order valence-corrected chi connectivity index (χ2v) is 6.72. The molecule has 0 bridgehead atoms. The van der Waals surface area contributed by atoms with Gasteiger partial charge in [-0.2, -0.15) is 0 Å². The highest BCUT2D eigenvalue weighted by Gasteiger charge is 2.30. The van der Waals surface area contributed by atoms with Crippen LogP contribution in [0.3, 0.4) is 0 Å². The van der Waals surface area contributed by atoms with Gasteiger partial charge in [-0.25, -0.2) is 14.4 Å². The Kier molecular flexibility index (Phi) is 7.57. The summed E-state index contributed by atoms with van der Waals surface area (Å²) in [5, 5.41) is 2.96. The summed E-state index contributed by atoms with van der Waals surface area (Å²) in [7, 11) is 0. The number of nitrogens with two attached hydrogens (primary N) is 1. The van der Waals surface area contributed by atoms with Crippen LogP contribution in [0.2, 0.25) is 0 Å². The number of anilines is 1. The molecule has 170 valence electrons. The molecule has 6 nitrogen and oxygen atoms in total. The molecule has 0 radical (unpaired) electrons. The molecule has 0 amide bonds. The predicted octanol–water partition coefficient (Wildman–Crippen LogP) is 5.57. The Morgan fingerprint density at radius 3 is 2.12 bits per heavy atom. The third kappa shape index (κ3) is 7.89. The lowest BCUT2D eigenvalue weighted by molar-refractivity contribution is -0.274. The molecule has 0 atom stereocenters. The second kappa shape index (κ2) is 10.6. The van der Waals surface area contributed by atoms with Crippen molar-refractivity contribution < 1.29 is 27.0 Å². The first kappa shape index (κ1) is 23.7. The van der Waals surface area contributed by atoms with E-state index in [1.54, 1.807) is 24.3 Å². The van der Waals surface area contributed by atoms with Crippen molar-refractivity contribution in [3.63, 3.8) is 0 Å². The Balaban J connectivity index is 1.55. The molecule has 11 heteroatoms. The van der Waals surface area contributed by atoms with Crippen LogP contribution in [-0.2, 0) is 0 Å². The molecule has 0 saturated carbocycles. The van der Waals surface area contributed by atoms with E-state index in [4.69, 9.17) is 22.7 Å². The molecule has 3 aromatic carbocycles. The molecule has 0 aromatic heterocycles. The number of hydrogen-bond acceptors (Lipinski definition) is 4. The molecule has 0 heterocycles. The molecule has 0 fully saturated rings. The SMILES string of the molecule is NC(=NC=Nc1ccc(OC(F)(F)F)cc1)c1ccc(NC(=S)Oc2ccc(F)cc2)cc1. The fourth-order valence-corrected chi connectivity index (χ4v) is 2.66. The van der Waals surface area contributed by atoms with Crippen molar-refractivity contribution >= 4 is 40.9 Å². The van der Waals surface area contributed by atoms with E-state index < -0.39 is 6.36 Å². The quantitative estimate of drug-likeness (QED) is 0.211. The minimum Gasteiger partial charge on any atom is -0.432 e. The minimum absolute atomic E-state index is 0.0785. The average molecular weight is 476 g/mol. The molecule has 0 aliphatic carbocycles. The van der Waals surface area contributed by atoms with Crippen molar-refractivity contribution in [2.45, 2.75) is 6.36 Å². The zero-order chi connectivity index (χ0) is 23.8. The number of ether oxygens (including phenoxy) is 2. The molecule has 3 N–H and O–H groups in total. The van der Waals surface area contributed by atoms with Crippen LogP contribution in [-0.4, -0.2) is 23.7 Å². The maximum absolute atomic E-state index is 12.9. The van der Waals surface area contributed by atoms with Gasteiger partial charge in [-0.15, -0.1) is 13.2 Å². The zero-order valence-corrected chi connectivity index (χ0v) is 17.5. The molecular formula is C22H16F4N4O2S. The van der Waals surface area contributed by atoms with E-state index in [1.165, 1.54) is 42.7 Å². The molecule has 0 aliphatic rings. The van der Waals surface area contributed by atoms with Gasteiger partial charge in [0.2, 0.25) is 0 Å². The molecule has 0 spiro atoms. The van der Waals surface area contributed by atoms with Gasteiger partial charge in [0.05, 0.1) is 5.69 Å². The molecule has 0 aliphatic heterocycles. The summed E-state index contributed by atoms with van der Waals surface area (Å²) >= 11 is 5.12. The van der Waals surface area contributed by atoms with Crippen LogP contribution in [0.1, 0.15) is 5.56 Å². The van der Waals surface area contributed by atoms with Crippen LogP contribution < -0.4 is 20.5 Å². The van der Waals surface area contributed by atoms with E-state index in [0.717, 1.165) is 12.1 Å². The van der Waals surface area contributed by atoms with Gasteiger partial charge < -0.3 is 20.5 Å². The normalized spacial score (nSPS) is 11.9. The Bertz CT molecular complexity index is 1150. The maximum Gasteiger partial charge on any atom is 0.573 e. The third-order valence-corrected chi connectivity index (χ3v) is 4.11. The highest BCUT2D eigenvalue weighted by Crippen LogP contribution is 2.24. The van der Waals surface area contributed by atoms with Crippen molar-refractivity contribution in [3.8, 4) is 11.5 Å². The van der Waals surface area contributed by atoms with E-state index in [2.05, 4.69) is 20.0 Å². The lowest BCUT2D eigenvalue weighted by Crippen LogP contribution is -2.17. The standard InChI is InChI=1S/C22H16F4N4O2S/c23-15-3-9-18(10-4-15)31-21(33)30-17-5-1-14(2-6-17)20(27)29-13-28-16-7-11-19(12-8-16)32-22(24,25)26/h1-13H,(H,30,33)(H2,27,28,29). The third-order valence-electron chi connectivity index (χ3n) is 3.93. The molecule has 3 aromatic rings. The molecular weight excluding hydrogens is 460 g/mol. The van der Waals surface area contributed by atoms with Gasteiger partial charge in [-0.1, -0.05) is 0 Å². The van der Waals surface area contributed by atoms with Gasteiger partial charge >= 0.3 is 6.36 Å². The molecule has 3 rings (SSSR count). The highest BCUT2D eigenvalue weighted by molar-refractivity contribution is 7.80. The largest absolute Gasteiger partial charge is 0.573 e. The lowest BCUT2D eigenvalue weighted by Gasteiger charge is -2.10. The summed E-state index contributed by atoms with van der Waals surface area (Å²) in [5.74, 6) is -0.161. The maximum atomic E-state index is 12.9. The number of nitrogens with zero attached hydrogens (tertiary/aromatic N) is 2. The lowest BCUT2D eigenvalue weighted by atomic mass is 10.2. The second-order valence-electron chi connectivity index (χ2n) is 6.35. The summed E-state index contributed by atoms with van der Waals surface area (Å²) in [6.07, 6.45) is -3.57. The fraction of sp³-hybridized carbons (Fsp3) is 0.0455. The van der Waals surface area contributed by atoms with Gasteiger partial charge in [-0.05, 0) is 85.0 Å². The number of halogens is 4. The monoisotopic (exact) mass is 476 g/mol. The highest BCUT2D eigenvalue weighted by atomic mass is 32.1. The van der Waals surface area contributed by atoms with Gasteiger partial charge in [0.1, 0.15) is 29.5 Å². The summed E-state index contributed by atoms with van der Waals surface area (Å²) in [6, 6.07) is 17.2. The fourth-order valence-electron chi connectivity index (χ4n) is 2.44. The van der Waals surface area contributed by atoms with Crippen LogP contribution in [0.15, 0.2) is 82.8 Å². The first-order valence-corrected chi connectivity index (χ1v) is 9.65. The number of hydrogen-bond donors (Lipinski definition) is 2.